The van der Waals surface area contributed by atoms with Crippen LogP contribution in [0, 0.1) is 0 Å². The highest BCUT2D eigenvalue weighted by molar-refractivity contribution is 5.87. The number of hydrogen-bond acceptors (Lipinski definition) is 4. The molecule has 192 valence electrons. The van der Waals surface area contributed by atoms with Gasteiger partial charge in [-0.3, -0.25) is 9.59 Å². The number of benzene rings is 1. The molecule has 0 amide bonds. The van der Waals surface area contributed by atoms with Crippen molar-refractivity contribution in [1.82, 2.24) is 0 Å². The predicted molar refractivity (Wildman–Crippen MR) is 137 cm³/mol. The molecule has 0 aliphatic heterocycles. The van der Waals surface area contributed by atoms with E-state index in [9.17, 15) is 14.4 Å². The fourth-order valence-electron chi connectivity index (χ4n) is 3.97. The maximum atomic E-state index is 12.1. The van der Waals surface area contributed by atoms with Crippen LogP contribution in [-0.2, 0) is 20.7 Å². The lowest BCUT2D eigenvalue weighted by atomic mass is 10.0. The van der Waals surface area contributed by atoms with Crippen LogP contribution in [0.5, 0.6) is 0 Å². The lowest BCUT2D eigenvalue weighted by molar-refractivity contribution is -0.154. The molecule has 0 bridgehead atoms. The smallest absolute Gasteiger partial charge is 0.335 e. The lowest BCUT2D eigenvalue weighted by Crippen LogP contribution is -2.23. The average molecular weight is 475 g/mol. The third kappa shape index (κ3) is 16.4. The standard InChI is InChI=1S/C29H46O5/c1-29(2,3)34-27(31)17-15-13-11-9-7-5-4-6-8-10-12-14-16-26(30)23-20-24-18-21-25(22-19-24)28(32)33/h18-19,21-22H,4-17,20,23H2,1-3H3,(H,32,33). The molecule has 0 saturated carbocycles. The van der Waals surface area contributed by atoms with Crippen molar-refractivity contribution in [3.63, 3.8) is 0 Å². The first kappa shape index (κ1) is 29.9. The number of ether oxygens (including phenoxy) is 1. The number of carbonyl (C=O) groups is 3. The van der Waals surface area contributed by atoms with Crippen LogP contribution in [0.2, 0.25) is 0 Å². The highest BCUT2D eigenvalue weighted by atomic mass is 16.6. The molecule has 0 saturated heterocycles. The van der Waals surface area contributed by atoms with Crippen LogP contribution >= 0.6 is 0 Å². The van der Waals surface area contributed by atoms with Crippen molar-refractivity contribution in [2.24, 2.45) is 0 Å². The summed E-state index contributed by atoms with van der Waals surface area (Å²) < 4.78 is 5.32. The van der Waals surface area contributed by atoms with Gasteiger partial charge in [0.2, 0.25) is 0 Å². The van der Waals surface area contributed by atoms with Crippen LogP contribution in [0.3, 0.4) is 0 Å². The molecule has 1 aromatic carbocycles. The summed E-state index contributed by atoms with van der Waals surface area (Å²) in [6.07, 6.45) is 16.6. The van der Waals surface area contributed by atoms with E-state index in [1.807, 2.05) is 20.8 Å². The van der Waals surface area contributed by atoms with Crippen LogP contribution < -0.4 is 0 Å². The summed E-state index contributed by atoms with van der Waals surface area (Å²) in [6.45, 7) is 5.72. The van der Waals surface area contributed by atoms with E-state index in [1.165, 1.54) is 51.4 Å². The predicted octanol–water partition coefficient (Wildman–Crippen LogP) is 7.69. The number of aryl methyl sites for hydroxylation is 1. The number of unbranched alkanes of at least 4 members (excludes halogenated alkanes) is 11. The highest BCUT2D eigenvalue weighted by Gasteiger charge is 2.15. The van der Waals surface area contributed by atoms with Crippen molar-refractivity contribution in [3.05, 3.63) is 35.4 Å². The minimum Gasteiger partial charge on any atom is -0.478 e. The van der Waals surface area contributed by atoms with Gasteiger partial charge in [-0.05, 0) is 57.7 Å². The minimum absolute atomic E-state index is 0.0818. The summed E-state index contributed by atoms with van der Waals surface area (Å²) in [5, 5.41) is 8.91. The zero-order valence-electron chi connectivity index (χ0n) is 21.7. The summed E-state index contributed by atoms with van der Waals surface area (Å²) in [4.78, 5) is 34.6. The second kappa shape index (κ2) is 17.3. The summed E-state index contributed by atoms with van der Waals surface area (Å²) in [7, 11) is 0. The monoisotopic (exact) mass is 474 g/mol. The molecule has 1 aromatic rings. The third-order valence-corrected chi connectivity index (χ3v) is 5.90. The highest BCUT2D eigenvalue weighted by Crippen LogP contribution is 2.15. The first-order valence-electron chi connectivity index (χ1n) is 13.2. The Balaban J connectivity index is 1.86. The number of aromatic carboxylic acids is 1. The molecule has 0 atom stereocenters. The molecule has 5 heteroatoms. The van der Waals surface area contributed by atoms with Gasteiger partial charge in [-0.25, -0.2) is 4.79 Å². The molecule has 0 spiro atoms. The Morgan fingerprint density at radius 2 is 1.12 bits per heavy atom. The van der Waals surface area contributed by atoms with E-state index in [-0.39, 0.29) is 17.1 Å². The topological polar surface area (TPSA) is 80.7 Å². The van der Waals surface area contributed by atoms with Crippen molar-refractivity contribution in [3.8, 4) is 0 Å². The summed E-state index contributed by atoms with van der Waals surface area (Å²) in [5.41, 5.74) is 0.913. The SMILES string of the molecule is CC(C)(C)OC(=O)CCCCCCCCCCCCCCC(=O)CCc1ccc(C(=O)O)cc1. The van der Waals surface area contributed by atoms with Crippen LogP contribution in [0.4, 0.5) is 0 Å². The van der Waals surface area contributed by atoms with E-state index in [0.29, 0.717) is 31.5 Å². The quantitative estimate of drug-likeness (QED) is 0.164. The number of hydrogen-bond donors (Lipinski definition) is 1. The summed E-state index contributed by atoms with van der Waals surface area (Å²) in [5.74, 6) is -0.707. The van der Waals surface area contributed by atoms with Crippen molar-refractivity contribution < 1.29 is 24.2 Å². The fourth-order valence-corrected chi connectivity index (χ4v) is 3.97. The molecular weight excluding hydrogens is 428 g/mol. The first-order chi connectivity index (χ1) is 16.2. The van der Waals surface area contributed by atoms with E-state index in [4.69, 9.17) is 9.84 Å². The zero-order valence-corrected chi connectivity index (χ0v) is 21.7. The average Bonchev–Trinajstić information content (AvgIpc) is 2.77. The fraction of sp³-hybridized carbons (Fsp3) is 0.690. The van der Waals surface area contributed by atoms with Gasteiger partial charge in [-0.2, -0.15) is 0 Å². The van der Waals surface area contributed by atoms with Crippen LogP contribution in [0.1, 0.15) is 133 Å². The molecule has 34 heavy (non-hydrogen) atoms. The van der Waals surface area contributed by atoms with Crippen molar-refractivity contribution in [1.29, 1.82) is 0 Å². The number of carboxylic acid groups (broad SMARTS) is 1. The number of rotatable bonds is 19. The first-order valence-corrected chi connectivity index (χ1v) is 13.2. The van der Waals surface area contributed by atoms with Gasteiger partial charge in [0.25, 0.3) is 0 Å². The van der Waals surface area contributed by atoms with Gasteiger partial charge in [0.15, 0.2) is 0 Å². The van der Waals surface area contributed by atoms with Crippen LogP contribution in [-0.4, -0.2) is 28.4 Å². The molecule has 0 fully saturated rings. The Kier molecular flexibility index (Phi) is 15.2. The van der Waals surface area contributed by atoms with Gasteiger partial charge in [0, 0.05) is 19.3 Å². The summed E-state index contributed by atoms with van der Waals surface area (Å²) >= 11 is 0. The molecule has 1 N–H and O–H groups in total. The Labute approximate surface area is 206 Å². The van der Waals surface area contributed by atoms with Gasteiger partial charge in [0.1, 0.15) is 11.4 Å². The molecule has 0 heterocycles. The molecular formula is C29H46O5. The summed E-state index contributed by atoms with van der Waals surface area (Å²) in [6, 6.07) is 6.78. The van der Waals surface area contributed by atoms with E-state index < -0.39 is 5.97 Å². The van der Waals surface area contributed by atoms with Crippen LogP contribution in [0.25, 0.3) is 0 Å². The Hall–Kier alpha value is -2.17. The molecule has 0 radical (unpaired) electrons. The van der Waals surface area contributed by atoms with E-state index in [1.54, 1.807) is 24.3 Å². The van der Waals surface area contributed by atoms with Crippen molar-refractivity contribution in [2.45, 2.75) is 129 Å². The van der Waals surface area contributed by atoms with Gasteiger partial charge < -0.3 is 9.84 Å². The Morgan fingerprint density at radius 3 is 1.56 bits per heavy atom. The molecule has 5 nitrogen and oxygen atoms in total. The number of Topliss-reactive ketones (excluding diaryl/α,β-unsaturated/α-hetero) is 1. The lowest BCUT2D eigenvalue weighted by Gasteiger charge is -2.19. The number of carbonyl (C=O) groups excluding carboxylic acids is 2. The maximum absolute atomic E-state index is 12.1. The largest absolute Gasteiger partial charge is 0.478 e. The number of esters is 1. The number of ketones is 1. The molecule has 0 aromatic heterocycles. The molecule has 1 rings (SSSR count). The molecule has 0 unspecified atom stereocenters. The molecule has 0 aliphatic carbocycles. The van der Waals surface area contributed by atoms with E-state index >= 15 is 0 Å². The van der Waals surface area contributed by atoms with E-state index in [0.717, 1.165) is 31.2 Å². The normalized spacial score (nSPS) is 11.4. The van der Waals surface area contributed by atoms with E-state index in [2.05, 4.69) is 0 Å². The van der Waals surface area contributed by atoms with Gasteiger partial charge >= 0.3 is 11.9 Å². The molecule has 0 aliphatic rings. The second-order valence-electron chi connectivity index (χ2n) is 10.4. The van der Waals surface area contributed by atoms with Crippen molar-refractivity contribution in [2.75, 3.05) is 0 Å². The minimum atomic E-state index is -0.925. The Morgan fingerprint density at radius 1 is 0.676 bits per heavy atom. The third-order valence-electron chi connectivity index (χ3n) is 5.90. The Bertz CT molecular complexity index is 715. The van der Waals surface area contributed by atoms with Crippen LogP contribution in [0.15, 0.2) is 24.3 Å². The maximum Gasteiger partial charge on any atom is 0.335 e. The van der Waals surface area contributed by atoms with Crippen molar-refractivity contribution >= 4 is 17.7 Å². The van der Waals surface area contributed by atoms with Gasteiger partial charge in [-0.1, -0.05) is 76.3 Å². The number of carboxylic acids is 1. The van der Waals surface area contributed by atoms with Gasteiger partial charge in [-0.15, -0.1) is 0 Å². The second-order valence-corrected chi connectivity index (χ2v) is 10.4. The van der Waals surface area contributed by atoms with Gasteiger partial charge in [0.05, 0.1) is 5.56 Å². The zero-order chi connectivity index (χ0) is 25.2.